The first-order valence-corrected chi connectivity index (χ1v) is 5.52. The summed E-state index contributed by atoms with van der Waals surface area (Å²) in [6, 6.07) is 0.0118. The predicted molar refractivity (Wildman–Crippen MR) is 60.1 cm³/mol. The fourth-order valence-corrected chi connectivity index (χ4v) is 2.01. The van der Waals surface area contributed by atoms with E-state index in [-0.39, 0.29) is 11.6 Å². The fraction of sp³-hybridized carbons (Fsp3) is 0.818. The maximum absolute atomic E-state index is 5.70. The van der Waals surface area contributed by atoms with Crippen molar-refractivity contribution in [3.05, 3.63) is 11.8 Å². The second-order valence-electron chi connectivity index (χ2n) is 4.30. The second-order valence-corrected chi connectivity index (χ2v) is 4.30. The molecule has 15 heavy (non-hydrogen) atoms. The zero-order chi connectivity index (χ0) is 11.3. The van der Waals surface area contributed by atoms with Crippen LogP contribution in [0, 0.1) is 0 Å². The van der Waals surface area contributed by atoms with Gasteiger partial charge in [0.05, 0.1) is 24.5 Å². The molecule has 0 fully saturated rings. The Labute approximate surface area is 91.8 Å². The lowest BCUT2D eigenvalue weighted by atomic mass is 9.89. The summed E-state index contributed by atoms with van der Waals surface area (Å²) in [5, 5.41) is 0. The van der Waals surface area contributed by atoms with Crippen molar-refractivity contribution in [1.82, 2.24) is 5.43 Å². The Morgan fingerprint density at radius 3 is 2.87 bits per heavy atom. The zero-order valence-corrected chi connectivity index (χ0v) is 9.88. The van der Waals surface area contributed by atoms with E-state index in [4.69, 9.17) is 15.3 Å². The van der Waals surface area contributed by atoms with Gasteiger partial charge in [0, 0.05) is 6.61 Å². The highest BCUT2D eigenvalue weighted by Crippen LogP contribution is 2.25. The maximum Gasteiger partial charge on any atom is 0.0876 e. The van der Waals surface area contributed by atoms with Crippen molar-refractivity contribution in [2.24, 2.45) is 5.84 Å². The third-order valence-corrected chi connectivity index (χ3v) is 2.71. The number of hydrogen-bond acceptors (Lipinski definition) is 4. The summed E-state index contributed by atoms with van der Waals surface area (Å²) in [6.07, 6.45) is 3.88. The van der Waals surface area contributed by atoms with E-state index in [1.807, 2.05) is 27.0 Å². The minimum absolute atomic E-state index is 0.0118. The van der Waals surface area contributed by atoms with Crippen LogP contribution in [0.25, 0.3) is 0 Å². The van der Waals surface area contributed by atoms with Crippen LogP contribution in [0.2, 0.25) is 0 Å². The van der Waals surface area contributed by atoms with Crippen LogP contribution < -0.4 is 11.3 Å². The van der Waals surface area contributed by atoms with Gasteiger partial charge in [-0.25, -0.2) is 0 Å². The number of hydrazine groups is 1. The molecule has 0 aliphatic carbocycles. The monoisotopic (exact) mass is 214 g/mol. The molecule has 0 bridgehead atoms. The van der Waals surface area contributed by atoms with Crippen molar-refractivity contribution >= 4 is 0 Å². The van der Waals surface area contributed by atoms with Gasteiger partial charge in [0.15, 0.2) is 0 Å². The molecule has 0 aromatic rings. The number of nitrogens with two attached hydrogens (primary N) is 1. The fourth-order valence-electron chi connectivity index (χ4n) is 2.01. The summed E-state index contributed by atoms with van der Waals surface area (Å²) in [6.45, 7) is 7.54. The molecular formula is C11H22N2O2. The van der Waals surface area contributed by atoms with E-state index in [1.165, 1.54) is 5.57 Å². The van der Waals surface area contributed by atoms with Crippen molar-refractivity contribution in [2.75, 3.05) is 13.2 Å². The first-order valence-electron chi connectivity index (χ1n) is 5.52. The quantitative estimate of drug-likeness (QED) is 0.535. The molecule has 1 aliphatic rings. The van der Waals surface area contributed by atoms with Gasteiger partial charge in [-0.15, -0.1) is 0 Å². The molecule has 1 rings (SSSR count). The largest absolute Gasteiger partial charge is 0.501 e. The van der Waals surface area contributed by atoms with E-state index < -0.39 is 0 Å². The number of hydrogen-bond donors (Lipinski definition) is 2. The van der Waals surface area contributed by atoms with Crippen molar-refractivity contribution in [2.45, 2.75) is 45.3 Å². The predicted octanol–water partition coefficient (Wildman–Crippen LogP) is 1.33. The Balaban J connectivity index is 2.72. The molecule has 0 aromatic carbocycles. The molecule has 1 atom stereocenters. The van der Waals surface area contributed by atoms with Crippen LogP contribution in [0.15, 0.2) is 11.8 Å². The lowest BCUT2D eigenvalue weighted by Crippen LogP contribution is -2.52. The van der Waals surface area contributed by atoms with Gasteiger partial charge in [-0.2, -0.15) is 0 Å². The van der Waals surface area contributed by atoms with Gasteiger partial charge in [-0.1, -0.05) is 0 Å². The number of nitrogens with one attached hydrogen (secondary N) is 1. The summed E-state index contributed by atoms with van der Waals surface area (Å²) in [4.78, 5) is 0. The van der Waals surface area contributed by atoms with E-state index in [1.54, 1.807) is 0 Å². The number of rotatable bonds is 5. The highest BCUT2D eigenvalue weighted by Gasteiger charge is 2.32. The van der Waals surface area contributed by atoms with Crippen molar-refractivity contribution in [1.29, 1.82) is 0 Å². The first kappa shape index (κ1) is 12.5. The van der Waals surface area contributed by atoms with E-state index in [9.17, 15) is 0 Å². The average Bonchev–Trinajstić information content (AvgIpc) is 2.19. The number of ether oxygens (including phenoxy) is 2. The summed E-state index contributed by atoms with van der Waals surface area (Å²) in [7, 11) is 0. The van der Waals surface area contributed by atoms with Gasteiger partial charge >= 0.3 is 0 Å². The molecule has 3 N–H and O–H groups in total. The van der Waals surface area contributed by atoms with Crippen LogP contribution in [0.4, 0.5) is 0 Å². The molecule has 1 aliphatic heterocycles. The summed E-state index contributed by atoms with van der Waals surface area (Å²) >= 11 is 0. The molecule has 1 heterocycles. The van der Waals surface area contributed by atoms with Crippen LogP contribution in [0.3, 0.4) is 0 Å². The Morgan fingerprint density at radius 2 is 2.40 bits per heavy atom. The molecule has 88 valence electrons. The van der Waals surface area contributed by atoms with Crippen molar-refractivity contribution < 1.29 is 9.47 Å². The smallest absolute Gasteiger partial charge is 0.0876 e. The average molecular weight is 214 g/mol. The summed E-state index contributed by atoms with van der Waals surface area (Å²) < 4.78 is 11.0. The zero-order valence-electron chi connectivity index (χ0n) is 9.88. The lowest BCUT2D eigenvalue weighted by molar-refractivity contribution is -0.0315. The third-order valence-electron chi connectivity index (χ3n) is 2.71. The molecule has 0 saturated carbocycles. The summed E-state index contributed by atoms with van der Waals surface area (Å²) in [5.74, 6) is 5.59. The Hall–Kier alpha value is -0.580. The molecule has 4 heteroatoms. The minimum Gasteiger partial charge on any atom is -0.501 e. The van der Waals surface area contributed by atoms with E-state index >= 15 is 0 Å². The normalized spacial score (nSPS) is 19.3. The van der Waals surface area contributed by atoms with Gasteiger partial charge < -0.3 is 9.47 Å². The standard InChI is InChI=1S/C11H22N2O2/c1-4-15-11(2,3)10(13-12)9-6-5-7-14-8-9/h8,10,13H,4-7,12H2,1-3H3. The molecule has 4 nitrogen and oxygen atoms in total. The molecule has 0 aromatic heterocycles. The Bertz CT molecular complexity index is 227. The third kappa shape index (κ3) is 3.19. The lowest BCUT2D eigenvalue weighted by Gasteiger charge is -2.36. The first-order chi connectivity index (χ1) is 7.11. The van der Waals surface area contributed by atoms with Gasteiger partial charge in [-0.05, 0) is 39.2 Å². The molecule has 1 unspecified atom stereocenters. The molecule has 0 radical (unpaired) electrons. The SMILES string of the molecule is CCOC(C)(C)C(NN)C1=COCCC1. The topological polar surface area (TPSA) is 56.5 Å². The van der Waals surface area contributed by atoms with E-state index in [0.717, 1.165) is 19.4 Å². The van der Waals surface area contributed by atoms with Gasteiger partial charge in [-0.3, -0.25) is 11.3 Å². The molecule has 0 spiro atoms. The van der Waals surface area contributed by atoms with Crippen LogP contribution in [-0.4, -0.2) is 24.9 Å². The highest BCUT2D eigenvalue weighted by atomic mass is 16.5. The van der Waals surface area contributed by atoms with Crippen LogP contribution in [-0.2, 0) is 9.47 Å². The molecule has 0 amide bonds. The summed E-state index contributed by atoms with van der Waals surface area (Å²) in [5.41, 5.74) is 3.70. The van der Waals surface area contributed by atoms with Gasteiger partial charge in [0.2, 0.25) is 0 Å². The van der Waals surface area contributed by atoms with Crippen LogP contribution >= 0.6 is 0 Å². The minimum atomic E-state index is -0.309. The molecular weight excluding hydrogens is 192 g/mol. The van der Waals surface area contributed by atoms with Crippen molar-refractivity contribution in [3.8, 4) is 0 Å². The second kappa shape index (κ2) is 5.49. The Kier molecular flexibility index (Phi) is 4.57. The van der Waals surface area contributed by atoms with E-state index in [2.05, 4.69) is 5.43 Å². The van der Waals surface area contributed by atoms with Crippen LogP contribution in [0.5, 0.6) is 0 Å². The Morgan fingerprint density at radius 1 is 1.67 bits per heavy atom. The maximum atomic E-state index is 5.70. The van der Waals surface area contributed by atoms with E-state index in [0.29, 0.717) is 6.61 Å². The van der Waals surface area contributed by atoms with Gasteiger partial charge in [0.1, 0.15) is 0 Å². The highest BCUT2D eigenvalue weighted by molar-refractivity contribution is 5.15. The van der Waals surface area contributed by atoms with Crippen molar-refractivity contribution in [3.63, 3.8) is 0 Å². The molecule has 0 saturated heterocycles. The van der Waals surface area contributed by atoms with Gasteiger partial charge in [0.25, 0.3) is 0 Å². The van der Waals surface area contributed by atoms with Crippen LogP contribution in [0.1, 0.15) is 33.6 Å².